The van der Waals surface area contributed by atoms with Crippen molar-refractivity contribution in [3.63, 3.8) is 0 Å². The molecule has 0 spiro atoms. The highest BCUT2D eigenvalue weighted by molar-refractivity contribution is 5.16. The van der Waals surface area contributed by atoms with Crippen molar-refractivity contribution in [2.24, 2.45) is 0 Å². The van der Waals surface area contributed by atoms with Crippen molar-refractivity contribution in [2.75, 3.05) is 26.4 Å². The minimum atomic E-state index is -1.16. The predicted octanol–water partition coefficient (Wildman–Crippen LogP) is 2.23. The SMILES string of the molecule is CC(C)c1ccnc(OCCOCc2cc(C(C)C)nc(OC(C)(CO)CO)n2)n1. The van der Waals surface area contributed by atoms with E-state index in [0.29, 0.717) is 30.8 Å². The molecule has 166 valence electrons. The van der Waals surface area contributed by atoms with E-state index in [-0.39, 0.29) is 31.7 Å². The maximum atomic E-state index is 9.45. The van der Waals surface area contributed by atoms with Crippen LogP contribution < -0.4 is 9.47 Å². The maximum Gasteiger partial charge on any atom is 0.317 e. The first-order valence-corrected chi connectivity index (χ1v) is 10.1. The van der Waals surface area contributed by atoms with Gasteiger partial charge in [-0.05, 0) is 30.9 Å². The third-order valence-electron chi connectivity index (χ3n) is 4.33. The molecule has 0 amide bonds. The van der Waals surface area contributed by atoms with Gasteiger partial charge in [0, 0.05) is 6.20 Å². The molecule has 2 N–H and O–H groups in total. The van der Waals surface area contributed by atoms with Gasteiger partial charge in [0.2, 0.25) is 0 Å². The average molecular weight is 421 g/mol. The Balaban J connectivity index is 1.93. The summed E-state index contributed by atoms with van der Waals surface area (Å²) in [5, 5.41) is 18.9. The van der Waals surface area contributed by atoms with E-state index in [4.69, 9.17) is 14.2 Å². The zero-order chi connectivity index (χ0) is 22.1. The number of aliphatic hydroxyl groups excluding tert-OH is 2. The van der Waals surface area contributed by atoms with Crippen molar-refractivity contribution >= 4 is 0 Å². The smallest absolute Gasteiger partial charge is 0.317 e. The van der Waals surface area contributed by atoms with Crippen LogP contribution in [0.4, 0.5) is 0 Å². The molecule has 0 aliphatic rings. The molecule has 0 saturated heterocycles. The fourth-order valence-corrected chi connectivity index (χ4v) is 2.36. The molecule has 0 radical (unpaired) electrons. The van der Waals surface area contributed by atoms with Gasteiger partial charge in [-0.25, -0.2) is 9.97 Å². The van der Waals surface area contributed by atoms with Gasteiger partial charge in [-0.1, -0.05) is 27.7 Å². The van der Waals surface area contributed by atoms with Crippen LogP contribution in [0, 0.1) is 0 Å². The topological polar surface area (TPSA) is 120 Å². The van der Waals surface area contributed by atoms with Crippen molar-refractivity contribution in [3.8, 4) is 12.0 Å². The Kier molecular flexibility index (Phi) is 8.88. The van der Waals surface area contributed by atoms with Crippen LogP contribution in [0.2, 0.25) is 0 Å². The molecule has 9 heteroatoms. The normalized spacial score (nSPS) is 11.9. The second-order valence-corrected chi connectivity index (χ2v) is 7.91. The number of aromatic nitrogens is 4. The minimum Gasteiger partial charge on any atom is -0.461 e. The van der Waals surface area contributed by atoms with E-state index in [9.17, 15) is 10.2 Å². The van der Waals surface area contributed by atoms with E-state index in [1.54, 1.807) is 13.1 Å². The van der Waals surface area contributed by atoms with Gasteiger partial charge in [0.05, 0.1) is 43.5 Å². The molecule has 2 rings (SSSR count). The summed E-state index contributed by atoms with van der Waals surface area (Å²) in [6.07, 6.45) is 1.68. The summed E-state index contributed by atoms with van der Waals surface area (Å²) in [5.41, 5.74) is 1.19. The van der Waals surface area contributed by atoms with E-state index in [1.807, 2.05) is 26.0 Å². The fraction of sp³-hybridized carbons (Fsp3) is 0.619. The van der Waals surface area contributed by atoms with Crippen LogP contribution in [0.25, 0.3) is 0 Å². The fourth-order valence-electron chi connectivity index (χ4n) is 2.36. The van der Waals surface area contributed by atoms with Crippen LogP contribution in [-0.4, -0.2) is 62.2 Å². The first-order chi connectivity index (χ1) is 14.3. The largest absolute Gasteiger partial charge is 0.461 e. The number of rotatable bonds is 12. The van der Waals surface area contributed by atoms with Gasteiger partial charge in [-0.15, -0.1) is 0 Å². The number of nitrogens with zero attached hydrogens (tertiary/aromatic N) is 4. The summed E-state index contributed by atoms with van der Waals surface area (Å²) >= 11 is 0. The average Bonchev–Trinajstić information content (AvgIpc) is 2.73. The van der Waals surface area contributed by atoms with Gasteiger partial charge in [-0.3, -0.25) is 0 Å². The van der Waals surface area contributed by atoms with Crippen LogP contribution in [0.15, 0.2) is 18.3 Å². The first kappa shape index (κ1) is 23.9. The molecule has 0 aliphatic carbocycles. The summed E-state index contributed by atoms with van der Waals surface area (Å²) in [4.78, 5) is 17.2. The summed E-state index contributed by atoms with van der Waals surface area (Å²) in [7, 11) is 0. The quantitative estimate of drug-likeness (QED) is 0.498. The number of ether oxygens (including phenoxy) is 3. The molecule has 9 nitrogen and oxygen atoms in total. The maximum absolute atomic E-state index is 9.45. The Morgan fingerprint density at radius 2 is 1.60 bits per heavy atom. The van der Waals surface area contributed by atoms with E-state index in [1.165, 1.54) is 0 Å². The van der Waals surface area contributed by atoms with Crippen molar-refractivity contribution in [3.05, 3.63) is 35.4 Å². The van der Waals surface area contributed by atoms with E-state index in [2.05, 4.69) is 33.8 Å². The zero-order valence-electron chi connectivity index (χ0n) is 18.3. The first-order valence-electron chi connectivity index (χ1n) is 10.1. The molecule has 0 aliphatic heterocycles. The van der Waals surface area contributed by atoms with Crippen LogP contribution in [0.1, 0.15) is 63.5 Å². The second-order valence-electron chi connectivity index (χ2n) is 7.91. The molecule has 2 heterocycles. The van der Waals surface area contributed by atoms with Crippen LogP contribution >= 0.6 is 0 Å². The van der Waals surface area contributed by atoms with Gasteiger partial charge in [0.15, 0.2) is 5.60 Å². The second kappa shape index (κ2) is 11.1. The standard InChI is InChI=1S/C21H32N4O5/c1-14(2)17-6-7-22-19(24-17)29-9-8-28-11-16-10-18(15(3)4)25-20(23-16)30-21(5,12-26)13-27/h6-7,10,14-15,26-27H,8-9,11-13H2,1-5H3. The zero-order valence-corrected chi connectivity index (χ0v) is 18.3. The summed E-state index contributed by atoms with van der Waals surface area (Å²) < 4.78 is 16.9. The van der Waals surface area contributed by atoms with E-state index >= 15 is 0 Å². The number of hydrogen-bond donors (Lipinski definition) is 2. The van der Waals surface area contributed by atoms with Crippen LogP contribution in [-0.2, 0) is 11.3 Å². The third kappa shape index (κ3) is 7.16. The van der Waals surface area contributed by atoms with Crippen LogP contribution in [0.3, 0.4) is 0 Å². The van der Waals surface area contributed by atoms with E-state index in [0.717, 1.165) is 11.4 Å². The predicted molar refractivity (Wildman–Crippen MR) is 111 cm³/mol. The Morgan fingerprint density at radius 1 is 0.933 bits per heavy atom. The van der Waals surface area contributed by atoms with Crippen molar-refractivity contribution < 1.29 is 24.4 Å². The van der Waals surface area contributed by atoms with Gasteiger partial charge >= 0.3 is 12.0 Å². The lowest BCUT2D eigenvalue weighted by Crippen LogP contribution is -2.41. The summed E-state index contributed by atoms with van der Waals surface area (Å²) in [5.74, 6) is 0.451. The lowest BCUT2D eigenvalue weighted by Gasteiger charge is -2.25. The molecule has 0 saturated carbocycles. The van der Waals surface area contributed by atoms with Gasteiger partial charge in [0.25, 0.3) is 0 Å². The molecular weight excluding hydrogens is 388 g/mol. The number of hydrogen-bond acceptors (Lipinski definition) is 9. The molecule has 0 bridgehead atoms. The lowest BCUT2D eigenvalue weighted by atomic mass is 10.1. The minimum absolute atomic E-state index is 0.0977. The van der Waals surface area contributed by atoms with Gasteiger partial charge < -0.3 is 24.4 Å². The molecule has 0 atom stereocenters. The van der Waals surface area contributed by atoms with Crippen LogP contribution in [0.5, 0.6) is 12.0 Å². The number of aliphatic hydroxyl groups is 2. The highest BCUT2D eigenvalue weighted by Crippen LogP contribution is 2.20. The molecule has 0 fully saturated rings. The third-order valence-corrected chi connectivity index (χ3v) is 4.33. The molecular formula is C21H32N4O5. The molecule has 0 unspecified atom stereocenters. The molecule has 2 aromatic heterocycles. The monoisotopic (exact) mass is 420 g/mol. The highest BCUT2D eigenvalue weighted by atomic mass is 16.5. The van der Waals surface area contributed by atoms with Gasteiger partial charge in [0.1, 0.15) is 6.61 Å². The van der Waals surface area contributed by atoms with Crippen molar-refractivity contribution in [1.29, 1.82) is 0 Å². The Labute approximate surface area is 177 Å². The Morgan fingerprint density at radius 3 is 2.23 bits per heavy atom. The molecule has 0 aromatic carbocycles. The lowest BCUT2D eigenvalue weighted by molar-refractivity contribution is -0.0261. The molecule has 30 heavy (non-hydrogen) atoms. The summed E-state index contributed by atoms with van der Waals surface area (Å²) in [6, 6.07) is 4.15. The van der Waals surface area contributed by atoms with Crippen molar-refractivity contribution in [2.45, 2.75) is 58.7 Å². The molecule has 2 aromatic rings. The Bertz CT molecular complexity index is 797. The highest BCUT2D eigenvalue weighted by Gasteiger charge is 2.26. The van der Waals surface area contributed by atoms with Crippen molar-refractivity contribution in [1.82, 2.24) is 19.9 Å². The summed E-state index contributed by atoms with van der Waals surface area (Å²) in [6.45, 7) is 9.88. The van der Waals surface area contributed by atoms with E-state index < -0.39 is 5.60 Å². The Hall–Kier alpha value is -2.36. The van der Waals surface area contributed by atoms with Gasteiger partial charge in [-0.2, -0.15) is 9.97 Å².